The molecule has 0 unspecified atom stereocenters. The molecule has 0 saturated heterocycles. The Labute approximate surface area is 205 Å². The first-order valence-corrected chi connectivity index (χ1v) is 12.3. The first-order chi connectivity index (χ1) is 16.8. The highest BCUT2D eigenvalue weighted by Gasteiger charge is 2.38. The average molecular weight is 501 g/mol. The summed E-state index contributed by atoms with van der Waals surface area (Å²) < 4.78 is 60.3. The maximum absolute atomic E-state index is 13.2. The number of rotatable bonds is 8. The second-order valence-electron chi connectivity index (χ2n) is 8.07. The van der Waals surface area contributed by atoms with Crippen molar-refractivity contribution in [1.29, 1.82) is 0 Å². The van der Waals surface area contributed by atoms with Gasteiger partial charge in [-0.25, -0.2) is 0 Å². The van der Waals surface area contributed by atoms with Gasteiger partial charge in [-0.05, 0) is 36.8 Å². The van der Waals surface area contributed by atoms with E-state index in [1.807, 2.05) is 6.92 Å². The zero-order chi connectivity index (χ0) is 25.2. The number of hydrogen-bond acceptors (Lipinski definition) is 8. The molecule has 0 aliphatic carbocycles. The van der Waals surface area contributed by atoms with Gasteiger partial charge in [-0.15, -0.1) is 0 Å². The molecule has 0 amide bonds. The maximum Gasteiger partial charge on any atom is 0.297 e. The van der Waals surface area contributed by atoms with Crippen LogP contribution in [0.3, 0.4) is 0 Å². The number of fused-ring (bicyclic) bond motifs is 1. The normalized spacial score (nSPS) is 17.2. The van der Waals surface area contributed by atoms with Gasteiger partial charge in [0.05, 0.1) is 33.3 Å². The van der Waals surface area contributed by atoms with Crippen molar-refractivity contribution >= 4 is 10.1 Å². The first kappa shape index (κ1) is 24.7. The molecule has 9 heteroatoms. The van der Waals surface area contributed by atoms with Crippen LogP contribution >= 0.6 is 0 Å². The minimum atomic E-state index is -4.08. The van der Waals surface area contributed by atoms with Crippen LogP contribution in [0.4, 0.5) is 0 Å². The summed E-state index contributed by atoms with van der Waals surface area (Å²) >= 11 is 0. The van der Waals surface area contributed by atoms with Crippen LogP contribution in [0.1, 0.15) is 22.8 Å². The topological polar surface area (TPSA) is 89.5 Å². The summed E-state index contributed by atoms with van der Waals surface area (Å²) in [7, 11) is 2.08. The highest BCUT2D eigenvalue weighted by molar-refractivity contribution is 7.86. The predicted molar refractivity (Wildman–Crippen MR) is 129 cm³/mol. The monoisotopic (exact) mass is 500 g/mol. The number of aryl methyl sites for hydroxylation is 1. The van der Waals surface area contributed by atoms with Crippen LogP contribution in [0.15, 0.2) is 59.5 Å². The molecule has 4 rings (SSSR count). The molecule has 0 fully saturated rings. The van der Waals surface area contributed by atoms with Crippen LogP contribution in [-0.4, -0.2) is 43.0 Å². The molecule has 35 heavy (non-hydrogen) atoms. The van der Waals surface area contributed by atoms with Crippen molar-refractivity contribution in [3.8, 4) is 28.7 Å². The van der Waals surface area contributed by atoms with E-state index in [-0.39, 0.29) is 11.3 Å². The highest BCUT2D eigenvalue weighted by atomic mass is 32.2. The second kappa shape index (κ2) is 10.1. The fourth-order valence-corrected chi connectivity index (χ4v) is 5.12. The number of benzene rings is 3. The third-order valence-corrected chi connectivity index (χ3v) is 7.24. The van der Waals surface area contributed by atoms with Gasteiger partial charge < -0.3 is 23.7 Å². The van der Waals surface area contributed by atoms with Crippen LogP contribution in [-0.2, 0) is 20.7 Å². The Kier molecular flexibility index (Phi) is 7.09. The Bertz CT molecular complexity index is 1300. The van der Waals surface area contributed by atoms with E-state index in [0.717, 1.165) is 5.56 Å². The molecule has 0 saturated carbocycles. The van der Waals surface area contributed by atoms with Gasteiger partial charge in [0, 0.05) is 24.1 Å². The molecule has 1 heterocycles. The van der Waals surface area contributed by atoms with Gasteiger partial charge in [0.15, 0.2) is 17.6 Å². The quantitative estimate of drug-likeness (QED) is 0.418. The van der Waals surface area contributed by atoms with Crippen LogP contribution in [0.2, 0.25) is 0 Å². The summed E-state index contributed by atoms with van der Waals surface area (Å²) in [5, 5.41) is 0. The summed E-state index contributed by atoms with van der Waals surface area (Å²) in [4.78, 5) is 0.0710. The van der Waals surface area contributed by atoms with E-state index in [1.165, 1.54) is 26.4 Å². The summed E-state index contributed by atoms with van der Waals surface area (Å²) in [6.07, 6.45) is -1.42. The minimum absolute atomic E-state index is 0.0710. The molecule has 0 spiro atoms. The van der Waals surface area contributed by atoms with Crippen molar-refractivity contribution in [2.75, 3.05) is 28.4 Å². The maximum atomic E-state index is 13.2. The number of methoxy groups -OCH3 is 4. The van der Waals surface area contributed by atoms with E-state index in [0.29, 0.717) is 39.9 Å². The molecule has 2 atom stereocenters. The summed E-state index contributed by atoms with van der Waals surface area (Å²) in [6, 6.07) is 15.3. The Balaban J connectivity index is 1.79. The van der Waals surface area contributed by atoms with Gasteiger partial charge >= 0.3 is 0 Å². The molecule has 1 aliphatic heterocycles. The van der Waals surface area contributed by atoms with Gasteiger partial charge in [-0.2, -0.15) is 8.42 Å². The Morgan fingerprint density at radius 1 is 0.800 bits per heavy atom. The number of ether oxygens (including phenoxy) is 5. The molecule has 3 aromatic carbocycles. The third-order valence-electron chi connectivity index (χ3n) is 5.89. The highest BCUT2D eigenvalue weighted by Crippen LogP contribution is 2.45. The van der Waals surface area contributed by atoms with E-state index >= 15 is 0 Å². The largest absolute Gasteiger partial charge is 0.496 e. The zero-order valence-corrected chi connectivity index (χ0v) is 21.0. The van der Waals surface area contributed by atoms with Crippen molar-refractivity contribution in [1.82, 2.24) is 0 Å². The van der Waals surface area contributed by atoms with Crippen molar-refractivity contribution in [3.63, 3.8) is 0 Å². The van der Waals surface area contributed by atoms with E-state index in [9.17, 15) is 8.42 Å². The van der Waals surface area contributed by atoms with Gasteiger partial charge in [0.25, 0.3) is 10.1 Å². The molecule has 186 valence electrons. The van der Waals surface area contributed by atoms with Crippen LogP contribution in [0.25, 0.3) is 0 Å². The van der Waals surface area contributed by atoms with E-state index in [2.05, 4.69) is 0 Å². The fraction of sp³-hybridized carbons (Fsp3) is 0.308. The Morgan fingerprint density at radius 3 is 2.11 bits per heavy atom. The minimum Gasteiger partial charge on any atom is -0.496 e. The molecule has 0 aromatic heterocycles. The van der Waals surface area contributed by atoms with Crippen molar-refractivity contribution in [2.24, 2.45) is 0 Å². The Morgan fingerprint density at radius 2 is 1.49 bits per heavy atom. The molecule has 1 aliphatic rings. The third kappa shape index (κ3) is 5.01. The zero-order valence-electron chi connectivity index (χ0n) is 20.2. The molecule has 8 nitrogen and oxygen atoms in total. The predicted octanol–water partition coefficient (Wildman–Crippen LogP) is 4.48. The van der Waals surface area contributed by atoms with Crippen molar-refractivity contribution in [3.05, 3.63) is 71.3 Å². The molecular formula is C26H28O8S. The first-order valence-electron chi connectivity index (χ1n) is 10.9. The summed E-state index contributed by atoms with van der Waals surface area (Å²) in [5.41, 5.74) is 2.30. The standard InChI is InChI=1S/C26H28O8S/c1-16-6-9-19(10-7-16)35(27,28)34-25-15-20-22(31-4)13-18(29-2)14-23(20)33-26(25)17-8-11-21(30-3)24(12-17)32-5/h6-14,25-26H,15H2,1-5H3/t25-,26+/m0/s1. The van der Waals surface area contributed by atoms with Gasteiger partial charge in [0.2, 0.25) is 0 Å². The lowest BCUT2D eigenvalue weighted by Gasteiger charge is -2.34. The molecule has 0 radical (unpaired) electrons. The lowest BCUT2D eigenvalue weighted by atomic mass is 9.94. The Hall–Kier alpha value is -3.43. The lowest BCUT2D eigenvalue weighted by molar-refractivity contribution is 0.0407. The lowest BCUT2D eigenvalue weighted by Crippen LogP contribution is -2.35. The van der Waals surface area contributed by atoms with Crippen molar-refractivity contribution < 1.29 is 36.3 Å². The van der Waals surface area contributed by atoms with E-state index in [4.69, 9.17) is 27.9 Å². The van der Waals surface area contributed by atoms with E-state index < -0.39 is 22.3 Å². The fourth-order valence-electron chi connectivity index (χ4n) is 4.04. The van der Waals surface area contributed by atoms with Crippen LogP contribution in [0, 0.1) is 6.92 Å². The summed E-state index contributed by atoms with van der Waals surface area (Å²) in [5.74, 6) is 2.63. The number of hydrogen-bond donors (Lipinski definition) is 0. The second-order valence-corrected chi connectivity index (χ2v) is 9.64. The molecule has 3 aromatic rings. The average Bonchev–Trinajstić information content (AvgIpc) is 2.87. The SMILES string of the molecule is COc1cc(OC)c2c(c1)O[C@H](c1ccc(OC)c(OC)c1)[C@@H](OS(=O)(=O)c1ccc(C)cc1)C2. The van der Waals surface area contributed by atoms with Crippen LogP contribution < -0.4 is 23.7 Å². The molecular weight excluding hydrogens is 472 g/mol. The molecule has 0 bridgehead atoms. The van der Waals surface area contributed by atoms with Gasteiger partial charge in [-0.1, -0.05) is 23.8 Å². The summed E-state index contributed by atoms with van der Waals surface area (Å²) in [6.45, 7) is 1.89. The van der Waals surface area contributed by atoms with Crippen LogP contribution in [0.5, 0.6) is 28.7 Å². The smallest absolute Gasteiger partial charge is 0.297 e. The van der Waals surface area contributed by atoms with Crippen molar-refractivity contribution in [2.45, 2.75) is 30.4 Å². The van der Waals surface area contributed by atoms with Gasteiger partial charge in [0.1, 0.15) is 23.4 Å². The molecule has 0 N–H and O–H groups in total. The van der Waals surface area contributed by atoms with E-state index in [1.54, 1.807) is 56.7 Å². The van der Waals surface area contributed by atoms with Gasteiger partial charge in [-0.3, -0.25) is 4.18 Å².